The topological polar surface area (TPSA) is 46.0 Å². The zero-order valence-electron chi connectivity index (χ0n) is 8.96. The average molecular weight is 212 g/mol. The highest BCUT2D eigenvalue weighted by Crippen LogP contribution is 2.20. The van der Waals surface area contributed by atoms with Gasteiger partial charge in [-0.25, -0.2) is 0 Å². The van der Waals surface area contributed by atoms with E-state index >= 15 is 0 Å². The number of hydrogen-bond acceptors (Lipinski definition) is 3. The molecule has 0 aliphatic carbocycles. The largest absolute Gasteiger partial charge is 0.400 e. The Labute approximate surface area is 93.4 Å². The number of nitrogens with zero attached hydrogens (tertiary/aromatic N) is 2. The molecule has 0 saturated carbocycles. The van der Waals surface area contributed by atoms with Crippen LogP contribution in [-0.4, -0.2) is 22.2 Å². The van der Waals surface area contributed by atoms with Crippen LogP contribution < -0.4 is 0 Å². The fourth-order valence-corrected chi connectivity index (χ4v) is 1.70. The average Bonchev–Trinajstić information content (AvgIpc) is 2.41. The third kappa shape index (κ3) is 1.73. The minimum absolute atomic E-state index is 0.999. The molecule has 1 N–H and O–H groups in total. The lowest BCUT2D eigenvalue weighted by atomic mass is 10.1. The molecule has 1 aromatic carbocycles. The van der Waals surface area contributed by atoms with Crippen LogP contribution in [0.3, 0.4) is 0 Å². The predicted octanol–water partition coefficient (Wildman–Crippen LogP) is 2.39. The van der Waals surface area contributed by atoms with E-state index in [4.69, 9.17) is 5.11 Å². The second-order valence-corrected chi connectivity index (χ2v) is 3.21. The van der Waals surface area contributed by atoms with Crippen molar-refractivity contribution in [3.63, 3.8) is 0 Å². The molecule has 0 bridgehead atoms. The van der Waals surface area contributed by atoms with Gasteiger partial charge in [-0.05, 0) is 24.3 Å². The monoisotopic (exact) mass is 212 g/mol. The fourth-order valence-electron chi connectivity index (χ4n) is 1.70. The second-order valence-electron chi connectivity index (χ2n) is 3.21. The number of hydrogen-bond donors (Lipinski definition) is 1. The van der Waals surface area contributed by atoms with Gasteiger partial charge in [-0.3, -0.25) is 9.97 Å². The highest BCUT2D eigenvalue weighted by atomic mass is 16.2. The standard InChI is InChI=1S/C12H8N2.CH4O/c1-3-9-5-6-11-10(4-2-7-13-11)12(9)14-8-1;1-2/h1-8H;2H,1H3. The molecule has 0 radical (unpaired) electrons. The molecule has 2 aromatic heterocycles. The Morgan fingerprint density at radius 2 is 1.62 bits per heavy atom. The smallest absolute Gasteiger partial charge is 0.0795 e. The van der Waals surface area contributed by atoms with Gasteiger partial charge in [-0.2, -0.15) is 0 Å². The summed E-state index contributed by atoms with van der Waals surface area (Å²) in [6.45, 7) is 0. The molecule has 0 amide bonds. The molecular formula is C13H12N2O. The van der Waals surface area contributed by atoms with Crippen LogP contribution in [0, 0.1) is 0 Å². The zero-order chi connectivity index (χ0) is 11.4. The number of pyridine rings is 2. The van der Waals surface area contributed by atoms with Crippen LogP contribution in [0.15, 0.2) is 48.8 Å². The molecule has 0 aliphatic heterocycles. The van der Waals surface area contributed by atoms with E-state index in [0.29, 0.717) is 0 Å². The van der Waals surface area contributed by atoms with Crippen molar-refractivity contribution >= 4 is 21.8 Å². The number of rotatable bonds is 0. The summed E-state index contributed by atoms with van der Waals surface area (Å²) in [5.41, 5.74) is 2.02. The maximum Gasteiger partial charge on any atom is 0.0795 e. The van der Waals surface area contributed by atoms with Gasteiger partial charge in [0.25, 0.3) is 0 Å². The first-order chi connectivity index (χ1) is 7.95. The molecule has 0 fully saturated rings. The van der Waals surface area contributed by atoms with E-state index in [9.17, 15) is 0 Å². The van der Waals surface area contributed by atoms with Crippen LogP contribution in [0.4, 0.5) is 0 Å². The van der Waals surface area contributed by atoms with E-state index in [0.717, 1.165) is 28.9 Å². The fraction of sp³-hybridized carbons (Fsp3) is 0.0769. The summed E-state index contributed by atoms with van der Waals surface area (Å²) in [4.78, 5) is 8.66. The number of aromatic nitrogens is 2. The van der Waals surface area contributed by atoms with Gasteiger partial charge in [-0.15, -0.1) is 0 Å². The van der Waals surface area contributed by atoms with Crippen molar-refractivity contribution in [1.82, 2.24) is 9.97 Å². The summed E-state index contributed by atoms with van der Waals surface area (Å²) >= 11 is 0. The van der Waals surface area contributed by atoms with Crippen LogP contribution in [0.25, 0.3) is 21.8 Å². The van der Waals surface area contributed by atoms with Crippen molar-refractivity contribution in [2.24, 2.45) is 0 Å². The maximum absolute atomic E-state index is 7.00. The van der Waals surface area contributed by atoms with Crippen LogP contribution in [-0.2, 0) is 0 Å². The van der Waals surface area contributed by atoms with E-state index < -0.39 is 0 Å². The molecule has 0 aliphatic rings. The minimum atomic E-state index is 0.999. The Bertz CT molecular complexity index is 553. The van der Waals surface area contributed by atoms with Crippen LogP contribution in [0.5, 0.6) is 0 Å². The van der Waals surface area contributed by atoms with E-state index in [1.54, 1.807) is 6.20 Å². The second kappa shape index (κ2) is 4.68. The highest BCUT2D eigenvalue weighted by molar-refractivity contribution is 6.03. The van der Waals surface area contributed by atoms with Gasteiger partial charge in [0, 0.05) is 30.3 Å². The molecule has 0 atom stereocenters. The van der Waals surface area contributed by atoms with E-state index in [2.05, 4.69) is 28.2 Å². The molecule has 3 heteroatoms. The Balaban J connectivity index is 0.000000457. The summed E-state index contributed by atoms with van der Waals surface area (Å²) in [5.74, 6) is 0. The molecule has 3 aromatic rings. The van der Waals surface area contributed by atoms with Gasteiger partial charge in [0.1, 0.15) is 0 Å². The molecule has 0 unspecified atom stereocenters. The third-order valence-electron chi connectivity index (χ3n) is 2.35. The Kier molecular flexibility index (Phi) is 3.08. The first kappa shape index (κ1) is 10.5. The molecule has 2 heterocycles. The predicted molar refractivity (Wildman–Crippen MR) is 65.2 cm³/mol. The summed E-state index contributed by atoms with van der Waals surface area (Å²) in [7, 11) is 1.00. The molecule has 3 nitrogen and oxygen atoms in total. The summed E-state index contributed by atoms with van der Waals surface area (Å²) in [6.07, 6.45) is 3.62. The van der Waals surface area contributed by atoms with Gasteiger partial charge in [0.05, 0.1) is 11.0 Å². The van der Waals surface area contributed by atoms with Crippen molar-refractivity contribution in [2.45, 2.75) is 0 Å². The first-order valence-electron chi connectivity index (χ1n) is 4.98. The van der Waals surface area contributed by atoms with E-state index in [1.165, 1.54) is 0 Å². The summed E-state index contributed by atoms with van der Waals surface area (Å²) in [5, 5.41) is 9.28. The van der Waals surface area contributed by atoms with Crippen molar-refractivity contribution in [3.8, 4) is 0 Å². The SMILES string of the molecule is CO.c1cnc2c(c1)ccc1ncccc12. The lowest BCUT2D eigenvalue weighted by molar-refractivity contribution is 0.399. The number of aliphatic hydroxyl groups excluding tert-OH is 1. The molecule has 0 spiro atoms. The summed E-state index contributed by atoms with van der Waals surface area (Å²) in [6, 6.07) is 12.1. The molecule has 16 heavy (non-hydrogen) atoms. The maximum atomic E-state index is 7.00. The molecule has 80 valence electrons. The van der Waals surface area contributed by atoms with Crippen LogP contribution in [0.1, 0.15) is 0 Å². The van der Waals surface area contributed by atoms with Gasteiger partial charge >= 0.3 is 0 Å². The van der Waals surface area contributed by atoms with Gasteiger partial charge < -0.3 is 5.11 Å². The Morgan fingerprint density at radius 1 is 0.875 bits per heavy atom. The molecular weight excluding hydrogens is 200 g/mol. The van der Waals surface area contributed by atoms with Gasteiger partial charge in [0.15, 0.2) is 0 Å². The van der Waals surface area contributed by atoms with Crippen molar-refractivity contribution < 1.29 is 5.11 Å². The van der Waals surface area contributed by atoms with Crippen molar-refractivity contribution in [3.05, 3.63) is 48.8 Å². The van der Waals surface area contributed by atoms with Gasteiger partial charge in [-0.1, -0.05) is 12.1 Å². The van der Waals surface area contributed by atoms with Gasteiger partial charge in [0.2, 0.25) is 0 Å². The Morgan fingerprint density at radius 3 is 2.50 bits per heavy atom. The van der Waals surface area contributed by atoms with Crippen molar-refractivity contribution in [1.29, 1.82) is 0 Å². The highest BCUT2D eigenvalue weighted by Gasteiger charge is 1.99. The normalized spacial score (nSPS) is 9.88. The number of fused-ring (bicyclic) bond motifs is 3. The lowest BCUT2D eigenvalue weighted by Gasteiger charge is -2.00. The van der Waals surface area contributed by atoms with Crippen molar-refractivity contribution in [2.75, 3.05) is 7.11 Å². The summed E-state index contributed by atoms with van der Waals surface area (Å²) < 4.78 is 0. The van der Waals surface area contributed by atoms with Crippen LogP contribution in [0.2, 0.25) is 0 Å². The Hall–Kier alpha value is -2.00. The van der Waals surface area contributed by atoms with E-state index in [1.807, 2.05) is 24.4 Å². The lowest BCUT2D eigenvalue weighted by Crippen LogP contribution is -1.82. The molecule has 3 rings (SSSR count). The minimum Gasteiger partial charge on any atom is -0.400 e. The molecule has 0 saturated heterocycles. The number of aliphatic hydroxyl groups is 1. The number of benzene rings is 1. The quantitative estimate of drug-likeness (QED) is 0.582. The van der Waals surface area contributed by atoms with Crippen LogP contribution >= 0.6 is 0 Å². The van der Waals surface area contributed by atoms with E-state index in [-0.39, 0.29) is 0 Å². The first-order valence-corrected chi connectivity index (χ1v) is 4.98. The zero-order valence-corrected chi connectivity index (χ0v) is 8.96. The third-order valence-corrected chi connectivity index (χ3v) is 2.35.